The van der Waals surface area contributed by atoms with Crippen molar-refractivity contribution in [2.45, 2.75) is 33.3 Å². The van der Waals surface area contributed by atoms with E-state index in [4.69, 9.17) is 16.3 Å². The number of rotatable bonds is 2. The van der Waals surface area contributed by atoms with E-state index in [2.05, 4.69) is 4.98 Å². The lowest BCUT2D eigenvalue weighted by Gasteiger charge is -2.20. The van der Waals surface area contributed by atoms with Gasteiger partial charge in [0.25, 0.3) is 0 Å². The monoisotopic (exact) mass is 303 g/mol. The lowest BCUT2D eigenvalue weighted by molar-refractivity contribution is 0.00683. The molecule has 0 saturated heterocycles. The van der Waals surface area contributed by atoms with Crippen molar-refractivity contribution < 1.29 is 9.53 Å². The van der Waals surface area contributed by atoms with Gasteiger partial charge < -0.3 is 4.74 Å². The number of aromatic nitrogens is 1. The fourth-order valence-electron chi connectivity index (χ4n) is 1.87. The summed E-state index contributed by atoms with van der Waals surface area (Å²) in [5.41, 5.74) is 2.42. The van der Waals surface area contributed by atoms with Crippen LogP contribution in [0.3, 0.4) is 0 Å². The van der Waals surface area contributed by atoms with E-state index >= 15 is 0 Å². The third kappa shape index (κ3) is 4.05. The quantitative estimate of drug-likeness (QED) is 0.757. The number of halogens is 1. The van der Waals surface area contributed by atoms with E-state index in [1.54, 1.807) is 19.2 Å². The van der Waals surface area contributed by atoms with Crippen LogP contribution in [0.25, 0.3) is 11.1 Å². The summed E-state index contributed by atoms with van der Waals surface area (Å²) in [5.74, 6) is -0.358. The average molecular weight is 304 g/mol. The van der Waals surface area contributed by atoms with Gasteiger partial charge in [-0.2, -0.15) is 0 Å². The molecule has 0 aliphatic heterocycles. The first-order valence-electron chi connectivity index (χ1n) is 6.72. The molecule has 1 aromatic heterocycles. The van der Waals surface area contributed by atoms with Crippen LogP contribution in [-0.4, -0.2) is 16.6 Å². The topological polar surface area (TPSA) is 39.2 Å². The molecule has 0 radical (unpaired) electrons. The molecule has 0 bridgehead atoms. The highest BCUT2D eigenvalue weighted by atomic mass is 35.5. The summed E-state index contributed by atoms with van der Waals surface area (Å²) in [6.45, 7) is 7.33. The maximum Gasteiger partial charge on any atom is 0.340 e. The summed E-state index contributed by atoms with van der Waals surface area (Å²) in [6, 6.07) is 9.22. The molecular formula is C17H18ClNO2. The Labute approximate surface area is 129 Å². The molecule has 110 valence electrons. The number of esters is 1. The molecule has 0 amide bonds. The minimum absolute atomic E-state index is 0.358. The first-order chi connectivity index (χ1) is 9.76. The van der Waals surface area contributed by atoms with Crippen LogP contribution in [0.1, 0.15) is 36.8 Å². The molecule has 0 N–H and O–H groups in total. The number of carbonyl (C=O) groups is 1. The fraction of sp³-hybridized carbons (Fsp3) is 0.294. The van der Waals surface area contributed by atoms with Gasteiger partial charge in [-0.15, -0.1) is 0 Å². The summed E-state index contributed by atoms with van der Waals surface area (Å²) in [6.07, 6.45) is 1.74. The van der Waals surface area contributed by atoms with Gasteiger partial charge in [-0.05, 0) is 51.5 Å². The summed E-state index contributed by atoms with van der Waals surface area (Å²) >= 11 is 5.89. The largest absolute Gasteiger partial charge is 0.456 e. The molecule has 21 heavy (non-hydrogen) atoms. The summed E-state index contributed by atoms with van der Waals surface area (Å²) < 4.78 is 5.41. The van der Waals surface area contributed by atoms with E-state index in [9.17, 15) is 4.79 Å². The van der Waals surface area contributed by atoms with E-state index in [1.165, 1.54) is 0 Å². The average Bonchev–Trinajstić information content (AvgIpc) is 2.38. The Balaban J connectivity index is 2.37. The molecule has 3 nitrogen and oxygen atoms in total. The zero-order valence-electron chi connectivity index (χ0n) is 12.6. The number of pyridine rings is 1. The molecule has 0 aliphatic rings. The van der Waals surface area contributed by atoms with E-state index in [1.807, 2.05) is 45.0 Å². The zero-order chi connectivity index (χ0) is 15.6. The molecular weight excluding hydrogens is 286 g/mol. The van der Waals surface area contributed by atoms with E-state index in [0.717, 1.165) is 11.1 Å². The number of hydrogen-bond donors (Lipinski definition) is 0. The van der Waals surface area contributed by atoms with Gasteiger partial charge >= 0.3 is 5.97 Å². The Morgan fingerprint density at radius 3 is 2.33 bits per heavy atom. The number of hydrogen-bond acceptors (Lipinski definition) is 3. The van der Waals surface area contributed by atoms with Crippen molar-refractivity contribution in [1.82, 2.24) is 4.98 Å². The molecule has 2 aromatic rings. The molecule has 1 aromatic carbocycles. The van der Waals surface area contributed by atoms with Crippen LogP contribution in [0.15, 0.2) is 36.5 Å². The maximum atomic E-state index is 12.2. The number of ether oxygens (including phenoxy) is 1. The Hall–Kier alpha value is -1.87. The second-order valence-corrected chi connectivity index (χ2v) is 6.30. The third-order valence-electron chi connectivity index (χ3n) is 2.88. The van der Waals surface area contributed by atoms with E-state index < -0.39 is 5.60 Å². The van der Waals surface area contributed by atoms with Crippen molar-refractivity contribution in [2.24, 2.45) is 0 Å². The van der Waals surface area contributed by atoms with Crippen molar-refractivity contribution in [3.8, 4) is 11.1 Å². The van der Waals surface area contributed by atoms with Crippen molar-refractivity contribution >= 4 is 17.6 Å². The van der Waals surface area contributed by atoms with Gasteiger partial charge in [0.15, 0.2) is 0 Å². The van der Waals surface area contributed by atoms with Crippen molar-refractivity contribution in [3.05, 3.63) is 52.8 Å². The maximum absolute atomic E-state index is 12.2. The van der Waals surface area contributed by atoms with Crippen molar-refractivity contribution in [3.63, 3.8) is 0 Å². The molecule has 2 rings (SSSR count). The highest BCUT2D eigenvalue weighted by Crippen LogP contribution is 2.24. The van der Waals surface area contributed by atoms with Crippen LogP contribution >= 0.6 is 11.6 Å². The first-order valence-corrected chi connectivity index (χ1v) is 7.10. The molecule has 0 spiro atoms. The second-order valence-electron chi connectivity index (χ2n) is 5.87. The number of aryl methyl sites for hydroxylation is 1. The van der Waals surface area contributed by atoms with Gasteiger partial charge in [0.2, 0.25) is 0 Å². The summed E-state index contributed by atoms with van der Waals surface area (Å²) in [4.78, 5) is 16.5. The molecule has 0 saturated carbocycles. The lowest BCUT2D eigenvalue weighted by Crippen LogP contribution is -2.24. The Morgan fingerprint density at radius 2 is 1.76 bits per heavy atom. The SMILES string of the molecule is Cc1ncc(-c2ccc(Cl)cc2)cc1C(=O)OC(C)(C)C. The van der Waals surface area contributed by atoms with Gasteiger partial charge in [-0.25, -0.2) is 4.79 Å². The van der Waals surface area contributed by atoms with Crippen LogP contribution in [-0.2, 0) is 4.74 Å². The smallest absolute Gasteiger partial charge is 0.340 e. The Morgan fingerprint density at radius 1 is 1.14 bits per heavy atom. The highest BCUT2D eigenvalue weighted by Gasteiger charge is 2.20. The molecule has 0 fully saturated rings. The van der Waals surface area contributed by atoms with Gasteiger partial charge in [0.05, 0.1) is 11.3 Å². The third-order valence-corrected chi connectivity index (χ3v) is 3.14. The zero-order valence-corrected chi connectivity index (χ0v) is 13.4. The van der Waals surface area contributed by atoms with Crippen LogP contribution in [0, 0.1) is 6.92 Å². The normalized spacial score (nSPS) is 11.3. The minimum atomic E-state index is -0.528. The summed E-state index contributed by atoms with van der Waals surface area (Å²) in [5, 5.41) is 0.672. The highest BCUT2D eigenvalue weighted by molar-refractivity contribution is 6.30. The van der Waals surface area contributed by atoms with Gasteiger partial charge in [0.1, 0.15) is 5.60 Å². The van der Waals surface area contributed by atoms with Crippen LogP contribution in [0.4, 0.5) is 0 Å². The minimum Gasteiger partial charge on any atom is -0.456 e. The molecule has 0 unspecified atom stereocenters. The second kappa shape index (κ2) is 5.86. The van der Waals surface area contributed by atoms with Gasteiger partial charge in [0, 0.05) is 16.8 Å². The van der Waals surface area contributed by atoms with Crippen molar-refractivity contribution in [1.29, 1.82) is 0 Å². The van der Waals surface area contributed by atoms with Gasteiger partial charge in [-0.3, -0.25) is 4.98 Å². The van der Waals surface area contributed by atoms with Crippen LogP contribution in [0.2, 0.25) is 5.02 Å². The fourth-order valence-corrected chi connectivity index (χ4v) is 2.00. The van der Waals surface area contributed by atoms with E-state index in [0.29, 0.717) is 16.3 Å². The number of nitrogens with zero attached hydrogens (tertiary/aromatic N) is 1. The van der Waals surface area contributed by atoms with Crippen molar-refractivity contribution in [2.75, 3.05) is 0 Å². The molecule has 0 aliphatic carbocycles. The van der Waals surface area contributed by atoms with Crippen LogP contribution < -0.4 is 0 Å². The van der Waals surface area contributed by atoms with Gasteiger partial charge in [-0.1, -0.05) is 23.7 Å². The Kier molecular flexibility index (Phi) is 4.33. The first kappa shape index (κ1) is 15.5. The number of carbonyl (C=O) groups excluding carboxylic acids is 1. The summed E-state index contributed by atoms with van der Waals surface area (Å²) in [7, 11) is 0. The molecule has 4 heteroatoms. The Bertz CT molecular complexity index is 657. The number of benzene rings is 1. The van der Waals surface area contributed by atoms with Crippen LogP contribution in [0.5, 0.6) is 0 Å². The van der Waals surface area contributed by atoms with E-state index in [-0.39, 0.29) is 5.97 Å². The molecule has 1 heterocycles. The lowest BCUT2D eigenvalue weighted by atomic mass is 10.0. The molecule has 0 atom stereocenters. The predicted molar refractivity (Wildman–Crippen MR) is 84.6 cm³/mol. The predicted octanol–water partition coefficient (Wildman–Crippen LogP) is 4.67. The standard InChI is InChI=1S/C17H18ClNO2/c1-11-15(16(20)21-17(2,3)4)9-13(10-19-11)12-5-7-14(18)8-6-12/h5-10H,1-4H3.